The van der Waals surface area contributed by atoms with Crippen LogP contribution < -0.4 is 0 Å². The third-order valence-electron chi connectivity index (χ3n) is 12.4. The van der Waals surface area contributed by atoms with E-state index in [1.165, 1.54) is 30.3 Å². The van der Waals surface area contributed by atoms with Crippen molar-refractivity contribution in [2.24, 2.45) is 0 Å². The first kappa shape index (κ1) is 33.8. The van der Waals surface area contributed by atoms with Gasteiger partial charge in [0, 0.05) is 46.8 Å². The predicted molar refractivity (Wildman–Crippen MR) is 247 cm³/mol. The molecule has 10 aromatic rings. The average molecular weight is 831 g/mol. The molecule has 0 spiro atoms. The maximum atomic E-state index is 13.8. The normalized spacial score (nSPS) is 15.5. The summed E-state index contributed by atoms with van der Waals surface area (Å²) in [4.78, 5) is 59.4. The van der Waals surface area contributed by atoms with E-state index >= 15 is 0 Å². The number of thiophene rings is 4. The van der Waals surface area contributed by atoms with Crippen LogP contribution in [0.3, 0.4) is 0 Å². The van der Waals surface area contributed by atoms with E-state index in [0.717, 1.165) is 62.2 Å². The zero-order valence-electron chi connectivity index (χ0n) is 31.3. The molecule has 0 saturated heterocycles. The maximum absolute atomic E-state index is 13.8. The molecule has 13 rings (SSSR count). The first-order chi connectivity index (χ1) is 28.6. The van der Waals surface area contributed by atoms with Gasteiger partial charge >= 0.3 is 0 Å². The fraction of sp³-hybridized carbons (Fsp3) is 0.0588. The molecule has 0 atom stereocenters. The van der Waals surface area contributed by atoms with Gasteiger partial charge in [-0.05, 0) is 127 Å². The Kier molecular flexibility index (Phi) is 6.60. The van der Waals surface area contributed by atoms with Crippen molar-refractivity contribution in [3.8, 4) is 9.75 Å². The van der Waals surface area contributed by atoms with Crippen LogP contribution in [0.1, 0.15) is 76.2 Å². The predicted octanol–water partition coefficient (Wildman–Crippen LogP) is 14.1. The smallest absolute Gasteiger partial charge is 0.197 e. The number of hydrogen-bond donors (Lipinski definition) is 0. The molecule has 4 heterocycles. The Balaban J connectivity index is 0.837. The van der Waals surface area contributed by atoms with Gasteiger partial charge in [-0.2, -0.15) is 0 Å². The van der Waals surface area contributed by atoms with Crippen LogP contribution in [0.4, 0.5) is 0 Å². The second-order valence-electron chi connectivity index (χ2n) is 16.2. The minimum Gasteiger partial charge on any atom is -0.288 e. The summed E-state index contributed by atoms with van der Waals surface area (Å²) in [5.41, 5.74) is 4.58. The fourth-order valence-electron chi connectivity index (χ4n) is 9.60. The zero-order valence-corrected chi connectivity index (χ0v) is 34.6. The van der Waals surface area contributed by atoms with Crippen LogP contribution in [0.15, 0.2) is 120 Å². The summed E-state index contributed by atoms with van der Waals surface area (Å²) >= 11 is 6.82. The van der Waals surface area contributed by atoms with Gasteiger partial charge in [0.15, 0.2) is 23.1 Å². The first-order valence-corrected chi connectivity index (χ1v) is 22.5. The van der Waals surface area contributed by atoms with Gasteiger partial charge in [0.25, 0.3) is 0 Å². The van der Waals surface area contributed by atoms with Crippen LogP contribution >= 0.6 is 45.3 Å². The van der Waals surface area contributed by atoms with E-state index in [9.17, 15) is 19.2 Å². The van der Waals surface area contributed by atoms with Crippen molar-refractivity contribution < 1.29 is 19.2 Å². The van der Waals surface area contributed by atoms with Crippen molar-refractivity contribution in [3.63, 3.8) is 0 Å². The number of hydrogen-bond acceptors (Lipinski definition) is 8. The molecule has 278 valence electrons. The maximum Gasteiger partial charge on any atom is 0.197 e. The van der Waals surface area contributed by atoms with Crippen LogP contribution in [-0.2, 0) is 5.41 Å². The monoisotopic (exact) mass is 830 g/mol. The molecule has 0 unspecified atom stereocenters. The summed E-state index contributed by atoms with van der Waals surface area (Å²) < 4.78 is 4.68. The lowest BCUT2D eigenvalue weighted by molar-refractivity contribution is 0.0975. The van der Waals surface area contributed by atoms with Crippen molar-refractivity contribution in [3.05, 3.63) is 163 Å². The molecular weight excluding hydrogens is 805 g/mol. The highest BCUT2D eigenvalue weighted by atomic mass is 32.1. The molecule has 0 saturated carbocycles. The lowest BCUT2D eigenvalue weighted by atomic mass is 9.84. The molecule has 0 radical (unpaired) electrons. The molecule has 0 aliphatic heterocycles. The van der Waals surface area contributed by atoms with Gasteiger partial charge < -0.3 is 0 Å². The third kappa shape index (κ3) is 4.57. The van der Waals surface area contributed by atoms with Crippen LogP contribution in [0.2, 0.25) is 0 Å². The van der Waals surface area contributed by atoms with Crippen LogP contribution in [0.25, 0.3) is 83.8 Å². The number of ketones is 4. The Bertz CT molecular complexity index is 3380. The number of rotatable bonds is 2. The minimum atomic E-state index is -0.302. The van der Waals surface area contributed by atoms with Gasteiger partial charge in [0.2, 0.25) is 0 Å². The quantitative estimate of drug-likeness (QED) is 0.0988. The van der Waals surface area contributed by atoms with Crippen LogP contribution in [0.5, 0.6) is 0 Å². The highest BCUT2D eigenvalue weighted by molar-refractivity contribution is 7.35. The van der Waals surface area contributed by atoms with Crippen molar-refractivity contribution in [1.29, 1.82) is 0 Å². The molecule has 3 aliphatic rings. The average Bonchev–Trinajstić information content (AvgIpc) is 4.07. The van der Waals surface area contributed by atoms with Crippen molar-refractivity contribution in [1.82, 2.24) is 0 Å². The summed E-state index contributed by atoms with van der Waals surface area (Å²) in [6, 6.07) is 36.3. The second-order valence-corrected chi connectivity index (χ2v) is 20.5. The van der Waals surface area contributed by atoms with E-state index in [1.54, 1.807) is 57.5 Å². The Morgan fingerprint density at radius 2 is 0.729 bits per heavy atom. The Labute approximate surface area is 352 Å². The van der Waals surface area contributed by atoms with Gasteiger partial charge in [-0.1, -0.05) is 62.4 Å². The number of fused-ring (bicyclic) bond motifs is 13. The Morgan fingerprint density at radius 1 is 0.407 bits per heavy atom. The number of allylic oxidation sites excluding steroid dienone is 2. The SMILES string of the molecule is CC1(C)c2c(sc3cc(C=C4C(=O)c5cc6cc7ccccc7cc6cc5C4=O)sc23)-c2sc3cc(C=C4C(=O)c5cc6cc7ccccc7cc6cc5C4=O)sc3c21. The highest BCUT2D eigenvalue weighted by Gasteiger charge is 2.43. The van der Waals surface area contributed by atoms with Crippen molar-refractivity contribution in [2.45, 2.75) is 19.3 Å². The van der Waals surface area contributed by atoms with Gasteiger partial charge in [-0.15, -0.1) is 45.3 Å². The topological polar surface area (TPSA) is 68.3 Å². The minimum absolute atomic E-state index is 0.217. The third-order valence-corrected chi connectivity index (χ3v) is 17.3. The molecule has 59 heavy (non-hydrogen) atoms. The summed E-state index contributed by atoms with van der Waals surface area (Å²) in [5.74, 6) is -0.880. The number of carbonyl (C=O) groups excluding carboxylic acids is 4. The van der Waals surface area contributed by atoms with Gasteiger partial charge in [-0.3, -0.25) is 19.2 Å². The molecule has 0 fully saturated rings. The van der Waals surface area contributed by atoms with Gasteiger partial charge in [0.05, 0.1) is 30.3 Å². The molecule has 0 amide bonds. The number of carbonyl (C=O) groups is 4. The molecule has 6 aromatic carbocycles. The Morgan fingerprint density at radius 3 is 1.05 bits per heavy atom. The summed E-state index contributed by atoms with van der Waals surface area (Å²) in [6.07, 6.45) is 3.58. The molecule has 0 N–H and O–H groups in total. The molecule has 4 aromatic heterocycles. The van der Waals surface area contributed by atoms with E-state index in [2.05, 4.69) is 74.5 Å². The lowest BCUT2D eigenvalue weighted by Crippen LogP contribution is -2.14. The lowest BCUT2D eigenvalue weighted by Gasteiger charge is -2.19. The van der Waals surface area contributed by atoms with Crippen LogP contribution in [0, 0.1) is 0 Å². The fourth-order valence-corrected chi connectivity index (χ4v) is 15.6. The van der Waals surface area contributed by atoms with Crippen molar-refractivity contribution in [2.75, 3.05) is 0 Å². The van der Waals surface area contributed by atoms with E-state index in [-0.39, 0.29) is 39.7 Å². The van der Waals surface area contributed by atoms with E-state index in [1.807, 2.05) is 48.5 Å². The summed E-state index contributed by atoms with van der Waals surface area (Å²) in [6.45, 7) is 4.55. The standard InChI is InChI=1S/C51H26O4S4/c1-51(2)41-47-39(21-31(56-47)19-37-43(52)33-15-27-11-23-7-3-4-8-24(23)12-28(27)16-34(33)44(37)53)58-49(41)50-42(51)48-40(59-50)22-32(57-48)20-38-45(54)35-17-29-13-25-9-5-6-10-26(25)14-30(29)18-36(35)46(38)55/h3-22H,1-2H3. The first-order valence-electron chi connectivity index (χ1n) is 19.3. The molecule has 4 nitrogen and oxygen atoms in total. The largest absolute Gasteiger partial charge is 0.288 e. The Hall–Kier alpha value is -6.16. The molecular formula is C51H26O4S4. The number of benzene rings is 6. The van der Waals surface area contributed by atoms with Crippen LogP contribution in [-0.4, -0.2) is 23.1 Å². The molecule has 3 aliphatic carbocycles. The van der Waals surface area contributed by atoms with E-state index < -0.39 is 0 Å². The van der Waals surface area contributed by atoms with E-state index in [4.69, 9.17) is 0 Å². The van der Waals surface area contributed by atoms with Crippen molar-refractivity contribution >= 4 is 143 Å². The molecule has 0 bridgehead atoms. The summed E-state index contributed by atoms with van der Waals surface area (Å²) in [7, 11) is 0. The molecule has 8 heteroatoms. The van der Waals surface area contributed by atoms with Gasteiger partial charge in [-0.25, -0.2) is 0 Å². The van der Waals surface area contributed by atoms with E-state index in [0.29, 0.717) is 22.3 Å². The number of Topliss-reactive ketones (excluding diaryl/α,β-unsaturated/α-hetero) is 4. The zero-order chi connectivity index (χ0) is 39.6. The second kappa shape index (κ2) is 11.5. The summed E-state index contributed by atoms with van der Waals surface area (Å²) in [5, 5.41) is 8.18. The highest BCUT2D eigenvalue weighted by Crippen LogP contribution is 2.62. The van der Waals surface area contributed by atoms with Gasteiger partial charge in [0.1, 0.15) is 0 Å².